The summed E-state index contributed by atoms with van der Waals surface area (Å²) in [5.41, 5.74) is 12.5. The molecule has 0 N–H and O–H groups in total. The number of hydrogen-bond donors (Lipinski definition) is 0. The topological polar surface area (TPSA) is 3.24 Å². The van der Waals surface area contributed by atoms with Gasteiger partial charge in [0.1, 0.15) is 0 Å². The third-order valence-corrected chi connectivity index (χ3v) is 18.0. The molecule has 0 aromatic heterocycles. The Kier molecular flexibility index (Phi) is 9.23. The molecule has 2 heterocycles. The lowest BCUT2D eigenvalue weighted by Gasteiger charge is -2.45. The van der Waals surface area contributed by atoms with E-state index in [2.05, 4.69) is 210 Å². The van der Waals surface area contributed by atoms with Crippen molar-refractivity contribution in [1.82, 2.24) is 0 Å². The first-order valence-electron chi connectivity index (χ1n) is 20.0. The van der Waals surface area contributed by atoms with Crippen LogP contribution in [0.4, 0.5) is 17.1 Å². The van der Waals surface area contributed by atoms with Crippen molar-refractivity contribution in [3.63, 3.8) is 0 Å². The van der Waals surface area contributed by atoms with Gasteiger partial charge >= 0.3 is 0 Å². The van der Waals surface area contributed by atoms with Gasteiger partial charge in [0.25, 0.3) is 0 Å². The van der Waals surface area contributed by atoms with E-state index in [1.165, 1.54) is 80.7 Å². The molecule has 9 rings (SSSR count). The summed E-state index contributed by atoms with van der Waals surface area (Å²) in [5, 5.41) is 5.67. The molecule has 0 unspecified atom stereocenters. The number of para-hydroxylation sites is 2. The highest BCUT2D eigenvalue weighted by atomic mass is 32.2. The molecule has 7 aromatic carbocycles. The zero-order valence-corrected chi connectivity index (χ0v) is 34.6. The molecule has 55 heavy (non-hydrogen) atoms. The van der Waals surface area contributed by atoms with Crippen LogP contribution in [0.2, 0.25) is 0 Å². The van der Waals surface area contributed by atoms with Gasteiger partial charge in [-0.15, -0.1) is 0 Å². The normalized spacial score (nSPS) is 14.1. The molecule has 1 nitrogen and oxygen atoms in total. The van der Waals surface area contributed by atoms with Gasteiger partial charge in [0.2, 0.25) is 6.71 Å². The van der Waals surface area contributed by atoms with Gasteiger partial charge in [0, 0.05) is 26.9 Å². The number of hydrogen-bond acceptors (Lipinski definition) is 2. The van der Waals surface area contributed by atoms with E-state index in [9.17, 15) is 0 Å². The second-order valence-corrected chi connectivity index (χ2v) is 21.0. The minimum Gasteiger partial charge on any atom is -0.311 e. The van der Waals surface area contributed by atoms with Crippen LogP contribution in [0.1, 0.15) is 76.0 Å². The zero-order valence-electron chi connectivity index (χ0n) is 32.8. The van der Waals surface area contributed by atoms with E-state index in [0.29, 0.717) is 17.8 Å². The lowest BCUT2D eigenvalue weighted by molar-refractivity contribution is 0.812. The number of nitrogens with zero attached hydrogens (tertiary/aromatic N) is 1. The Morgan fingerprint density at radius 1 is 0.473 bits per heavy atom. The van der Waals surface area contributed by atoms with Gasteiger partial charge in [-0.2, -0.15) is 0 Å². The Bertz CT molecular complexity index is 2410. The third kappa shape index (κ3) is 5.76. The molecule has 4 heteroatoms. The van der Waals surface area contributed by atoms with Gasteiger partial charge < -0.3 is 4.90 Å². The fraction of sp³-hybridized carbons (Fsp3) is 0.176. The number of benzene rings is 7. The smallest absolute Gasteiger partial charge is 0.244 e. The van der Waals surface area contributed by atoms with E-state index in [-0.39, 0.29) is 6.71 Å². The largest absolute Gasteiger partial charge is 0.311 e. The number of rotatable bonds is 7. The molecule has 0 spiro atoms. The van der Waals surface area contributed by atoms with Crippen molar-refractivity contribution in [2.24, 2.45) is 0 Å². The van der Waals surface area contributed by atoms with Crippen molar-refractivity contribution in [1.29, 1.82) is 0 Å². The fourth-order valence-electron chi connectivity index (χ4n) is 9.43. The molecule has 0 saturated carbocycles. The molecular weight excluding hydrogens is 698 g/mol. The molecule has 0 aliphatic carbocycles. The number of fused-ring (bicyclic) bond motifs is 4. The maximum Gasteiger partial charge on any atom is 0.244 e. The van der Waals surface area contributed by atoms with E-state index in [1.54, 1.807) is 0 Å². The van der Waals surface area contributed by atoms with Crippen LogP contribution in [0.15, 0.2) is 174 Å². The maximum absolute atomic E-state index is 2.68. The Labute approximate surface area is 333 Å². The average Bonchev–Trinajstić information content (AvgIpc) is 3.21. The Balaban J connectivity index is 1.28. The Morgan fingerprint density at radius 3 is 1.51 bits per heavy atom. The molecule has 0 radical (unpaired) electrons. The van der Waals surface area contributed by atoms with Crippen LogP contribution in [-0.4, -0.2) is 14.8 Å². The summed E-state index contributed by atoms with van der Waals surface area (Å²) in [4.78, 5) is 5.25. The first-order valence-corrected chi connectivity index (χ1v) is 22.8. The Hall–Kier alpha value is -5.03. The fourth-order valence-corrected chi connectivity index (χ4v) is 15.7. The van der Waals surface area contributed by atoms with Gasteiger partial charge in [-0.1, -0.05) is 203 Å². The molecule has 270 valence electrons. The lowest BCUT2D eigenvalue weighted by atomic mass is 9.34. The molecule has 2 aliphatic rings. The minimum atomic E-state index is -2.68. The van der Waals surface area contributed by atoms with Crippen molar-refractivity contribution in [3.05, 3.63) is 180 Å². The molecule has 0 saturated heterocycles. The van der Waals surface area contributed by atoms with Gasteiger partial charge in [0.05, 0.1) is 0 Å². The molecule has 0 amide bonds. The summed E-state index contributed by atoms with van der Waals surface area (Å²) < 4.78 is 0. The predicted octanol–water partition coefficient (Wildman–Crippen LogP) is 9.20. The lowest BCUT2D eigenvalue weighted by Crippen LogP contribution is -2.77. The first-order chi connectivity index (χ1) is 26.8. The molecular formula is C51H48BNSSi. The second-order valence-electron chi connectivity index (χ2n) is 16.2. The van der Waals surface area contributed by atoms with Crippen LogP contribution in [0.5, 0.6) is 0 Å². The average molecular weight is 746 g/mol. The van der Waals surface area contributed by atoms with Gasteiger partial charge in [-0.05, 0) is 85.5 Å². The SMILES string of the molecule is CC(C)c1cc(C(C)C)c(B2c3ccccc3Sc3cc(N4c5ccccc5[Si](c5ccccc5)(c5ccccc5)c5ccccc54)ccc32)c(C(C)C)c1. The molecule has 0 atom stereocenters. The minimum absolute atomic E-state index is 0.162. The van der Waals surface area contributed by atoms with E-state index in [0.717, 1.165) is 0 Å². The van der Waals surface area contributed by atoms with Gasteiger partial charge in [-0.25, -0.2) is 0 Å². The summed E-state index contributed by atoms with van der Waals surface area (Å²) in [7, 11) is -2.68. The van der Waals surface area contributed by atoms with E-state index in [4.69, 9.17) is 0 Å². The van der Waals surface area contributed by atoms with Gasteiger partial charge in [-0.3, -0.25) is 0 Å². The highest BCUT2D eigenvalue weighted by Crippen LogP contribution is 2.41. The van der Waals surface area contributed by atoms with E-state index >= 15 is 0 Å². The van der Waals surface area contributed by atoms with Crippen LogP contribution >= 0.6 is 11.8 Å². The van der Waals surface area contributed by atoms with Crippen LogP contribution in [-0.2, 0) is 0 Å². The summed E-state index contributed by atoms with van der Waals surface area (Å²) in [6.07, 6.45) is 0. The number of anilines is 3. The molecule has 0 fully saturated rings. The highest BCUT2D eigenvalue weighted by molar-refractivity contribution is 8.00. The summed E-state index contributed by atoms with van der Waals surface area (Å²) >= 11 is 1.93. The summed E-state index contributed by atoms with van der Waals surface area (Å²) in [5.74, 6) is 1.31. The van der Waals surface area contributed by atoms with Crippen LogP contribution in [0.3, 0.4) is 0 Å². The highest BCUT2D eigenvalue weighted by Gasteiger charge is 2.48. The summed E-state index contributed by atoms with van der Waals surface area (Å²) in [6, 6.07) is 62.6. The van der Waals surface area contributed by atoms with Gasteiger partial charge in [0.15, 0.2) is 8.07 Å². The van der Waals surface area contributed by atoms with Crippen molar-refractivity contribution >= 4 is 80.7 Å². The quantitative estimate of drug-likeness (QED) is 0.150. The Morgan fingerprint density at radius 2 is 0.964 bits per heavy atom. The van der Waals surface area contributed by atoms with Crippen molar-refractivity contribution in [3.8, 4) is 0 Å². The maximum atomic E-state index is 2.55. The van der Waals surface area contributed by atoms with Crippen molar-refractivity contribution in [2.75, 3.05) is 4.90 Å². The van der Waals surface area contributed by atoms with Crippen LogP contribution in [0, 0.1) is 0 Å². The predicted molar refractivity (Wildman–Crippen MR) is 242 cm³/mol. The molecule has 0 bridgehead atoms. The third-order valence-electron chi connectivity index (χ3n) is 12.0. The second kappa shape index (κ2) is 14.2. The monoisotopic (exact) mass is 745 g/mol. The first kappa shape index (κ1) is 35.7. The molecule has 7 aromatic rings. The van der Waals surface area contributed by atoms with Crippen molar-refractivity contribution in [2.45, 2.75) is 69.1 Å². The standard InChI is InChI=1S/C51H48BNSSi/c1-34(2)37-31-41(35(3)4)51(42(32-37)36(5)6)52-43-23-13-16-26-47(43)54-48-33-38(29-30-44(48)52)53-45-24-14-17-27-49(45)55(39-19-9-7-10-20-39,40-21-11-8-12-22-40)50-28-18-15-25-46(50)53/h7-36H,1-6H3. The van der Waals surface area contributed by atoms with E-state index in [1.807, 2.05) is 11.8 Å². The van der Waals surface area contributed by atoms with E-state index < -0.39 is 8.07 Å². The molecule has 2 aliphatic heterocycles. The zero-order chi connectivity index (χ0) is 37.8. The summed E-state index contributed by atoms with van der Waals surface area (Å²) in [6.45, 7) is 14.3. The van der Waals surface area contributed by atoms with Crippen LogP contribution in [0.25, 0.3) is 0 Å². The van der Waals surface area contributed by atoms with Crippen molar-refractivity contribution < 1.29 is 0 Å². The van der Waals surface area contributed by atoms with Crippen LogP contribution < -0.4 is 42.0 Å².